The number of hydrogen-bond acceptors (Lipinski definition) is 3. The van der Waals surface area contributed by atoms with Crippen LogP contribution in [0.25, 0.3) is 5.57 Å². The molecule has 1 amide bonds. The first-order chi connectivity index (χ1) is 14.7. The van der Waals surface area contributed by atoms with Crippen molar-refractivity contribution in [1.29, 1.82) is 0 Å². The lowest BCUT2D eigenvalue weighted by molar-refractivity contribution is 0.0743. The number of aromatic nitrogens is 2. The zero-order valence-corrected chi connectivity index (χ0v) is 17.4. The van der Waals surface area contributed by atoms with E-state index in [4.69, 9.17) is 16.6 Å². The largest absolute Gasteiger partial charge is 0.338 e. The fourth-order valence-electron chi connectivity index (χ4n) is 4.53. The summed E-state index contributed by atoms with van der Waals surface area (Å²) in [5, 5.41) is 0.772. The van der Waals surface area contributed by atoms with Crippen molar-refractivity contribution < 1.29 is 4.79 Å². The molecule has 1 aliphatic carbocycles. The Morgan fingerprint density at radius 2 is 1.73 bits per heavy atom. The predicted molar refractivity (Wildman–Crippen MR) is 118 cm³/mol. The molecule has 0 bridgehead atoms. The number of amides is 1. The summed E-state index contributed by atoms with van der Waals surface area (Å²) in [5.41, 5.74) is 8.13. The average Bonchev–Trinajstić information content (AvgIpc) is 2.96. The van der Waals surface area contributed by atoms with Gasteiger partial charge in [-0.05, 0) is 72.7 Å². The number of pyridine rings is 2. The van der Waals surface area contributed by atoms with E-state index in [1.807, 2.05) is 29.3 Å². The van der Waals surface area contributed by atoms with Crippen molar-refractivity contribution in [3.8, 4) is 0 Å². The molecular formula is C25H22ClN3O. The molecule has 2 aliphatic rings. The van der Waals surface area contributed by atoms with Crippen LogP contribution in [-0.2, 0) is 12.8 Å². The lowest BCUT2D eigenvalue weighted by Gasteiger charge is -2.30. The van der Waals surface area contributed by atoms with Crippen LogP contribution in [0.15, 0.2) is 66.6 Å². The van der Waals surface area contributed by atoms with Crippen molar-refractivity contribution in [3.63, 3.8) is 0 Å². The van der Waals surface area contributed by atoms with Gasteiger partial charge in [0.2, 0.25) is 0 Å². The van der Waals surface area contributed by atoms with Crippen molar-refractivity contribution in [2.45, 2.75) is 25.7 Å². The van der Waals surface area contributed by atoms with Gasteiger partial charge in [-0.15, -0.1) is 0 Å². The third-order valence-corrected chi connectivity index (χ3v) is 6.28. The number of benzene rings is 1. The third-order valence-electron chi connectivity index (χ3n) is 6.04. The van der Waals surface area contributed by atoms with E-state index in [2.05, 4.69) is 23.2 Å². The zero-order valence-electron chi connectivity index (χ0n) is 16.6. The lowest BCUT2D eigenvalue weighted by Crippen LogP contribution is -2.36. The van der Waals surface area contributed by atoms with Crippen LogP contribution in [0.4, 0.5) is 0 Å². The molecule has 3 heterocycles. The minimum Gasteiger partial charge on any atom is -0.338 e. The minimum atomic E-state index is 0.0544. The molecule has 0 radical (unpaired) electrons. The molecular weight excluding hydrogens is 394 g/mol. The number of halogens is 1. The highest BCUT2D eigenvalue weighted by atomic mass is 35.5. The summed E-state index contributed by atoms with van der Waals surface area (Å²) in [6.45, 7) is 1.41. The monoisotopic (exact) mass is 415 g/mol. The van der Waals surface area contributed by atoms with Gasteiger partial charge >= 0.3 is 0 Å². The van der Waals surface area contributed by atoms with Crippen molar-refractivity contribution in [1.82, 2.24) is 14.9 Å². The predicted octanol–water partition coefficient (Wildman–Crippen LogP) is 4.97. The van der Waals surface area contributed by atoms with E-state index in [9.17, 15) is 4.79 Å². The van der Waals surface area contributed by atoms with Gasteiger partial charge in [-0.25, -0.2) is 0 Å². The molecule has 2 aromatic heterocycles. The summed E-state index contributed by atoms with van der Waals surface area (Å²) in [6.07, 6.45) is 8.81. The van der Waals surface area contributed by atoms with Gasteiger partial charge in [0, 0.05) is 42.3 Å². The first kappa shape index (κ1) is 19.0. The van der Waals surface area contributed by atoms with E-state index in [1.165, 1.54) is 27.8 Å². The summed E-state index contributed by atoms with van der Waals surface area (Å²) in [4.78, 5) is 23.6. The molecule has 3 aromatic rings. The van der Waals surface area contributed by atoms with Crippen molar-refractivity contribution in [2.24, 2.45) is 0 Å². The second kappa shape index (κ2) is 8.04. The third kappa shape index (κ3) is 3.52. The van der Waals surface area contributed by atoms with Crippen LogP contribution in [0.5, 0.6) is 0 Å². The zero-order chi connectivity index (χ0) is 20.5. The molecule has 0 atom stereocenters. The number of aryl methyl sites for hydroxylation is 2. The van der Waals surface area contributed by atoms with Crippen molar-refractivity contribution in [3.05, 3.63) is 99.6 Å². The number of carbonyl (C=O) groups excluding carboxylic acids is 1. The van der Waals surface area contributed by atoms with Gasteiger partial charge in [0.05, 0.1) is 11.3 Å². The van der Waals surface area contributed by atoms with Crippen LogP contribution in [0, 0.1) is 0 Å². The van der Waals surface area contributed by atoms with Crippen LogP contribution in [0.2, 0.25) is 5.02 Å². The van der Waals surface area contributed by atoms with Gasteiger partial charge in [0.1, 0.15) is 0 Å². The Morgan fingerprint density at radius 1 is 0.933 bits per heavy atom. The Bertz CT molecular complexity index is 1130. The molecule has 1 aliphatic heterocycles. The Balaban J connectivity index is 1.51. The Morgan fingerprint density at radius 3 is 2.53 bits per heavy atom. The van der Waals surface area contributed by atoms with E-state index in [0.717, 1.165) is 36.4 Å². The van der Waals surface area contributed by atoms with Crippen LogP contribution < -0.4 is 0 Å². The highest BCUT2D eigenvalue weighted by Gasteiger charge is 2.26. The van der Waals surface area contributed by atoms with Crippen LogP contribution in [-0.4, -0.2) is 33.9 Å². The fourth-order valence-corrected chi connectivity index (χ4v) is 4.73. The minimum absolute atomic E-state index is 0.0544. The van der Waals surface area contributed by atoms with Gasteiger partial charge in [0.15, 0.2) is 0 Å². The van der Waals surface area contributed by atoms with E-state index in [0.29, 0.717) is 18.7 Å². The molecule has 150 valence electrons. The normalized spacial score (nSPS) is 16.0. The Hall–Kier alpha value is -2.98. The first-order valence-corrected chi connectivity index (χ1v) is 10.7. The number of nitrogens with zero attached hydrogens (tertiary/aromatic N) is 3. The average molecular weight is 416 g/mol. The molecule has 1 saturated heterocycles. The summed E-state index contributed by atoms with van der Waals surface area (Å²) < 4.78 is 0. The van der Waals surface area contributed by atoms with Crippen molar-refractivity contribution >= 4 is 23.1 Å². The SMILES string of the molecule is O=C(c1cccnc1)N1CCC(=C2c3ccc(Cl)cc3CCc3cccnc32)CC1. The van der Waals surface area contributed by atoms with Crippen LogP contribution in [0.1, 0.15) is 45.6 Å². The summed E-state index contributed by atoms with van der Waals surface area (Å²) in [5.74, 6) is 0.0544. The quantitative estimate of drug-likeness (QED) is 0.563. The molecule has 0 N–H and O–H groups in total. The van der Waals surface area contributed by atoms with E-state index in [1.54, 1.807) is 18.5 Å². The van der Waals surface area contributed by atoms with E-state index in [-0.39, 0.29) is 5.91 Å². The number of rotatable bonds is 1. The first-order valence-electron chi connectivity index (χ1n) is 10.3. The lowest BCUT2D eigenvalue weighted by atomic mass is 9.88. The second-order valence-corrected chi connectivity index (χ2v) is 8.26. The van der Waals surface area contributed by atoms with E-state index >= 15 is 0 Å². The van der Waals surface area contributed by atoms with Gasteiger partial charge in [-0.2, -0.15) is 0 Å². The molecule has 0 spiro atoms. The van der Waals surface area contributed by atoms with Gasteiger partial charge in [0.25, 0.3) is 5.91 Å². The number of carbonyl (C=O) groups is 1. The maximum atomic E-state index is 12.8. The standard InChI is InChI=1S/C25H22ClN3O/c26-21-7-8-22-19(15-21)6-5-18-3-2-12-28-24(18)23(22)17-9-13-29(14-10-17)25(30)20-4-1-11-27-16-20/h1-4,7-8,11-12,15-16H,5-6,9-10,13-14H2. The Labute approximate surface area is 181 Å². The molecule has 1 fully saturated rings. The highest BCUT2D eigenvalue weighted by Crippen LogP contribution is 2.38. The number of likely N-dealkylation sites (tertiary alicyclic amines) is 1. The maximum absolute atomic E-state index is 12.8. The van der Waals surface area contributed by atoms with Crippen LogP contribution in [0.3, 0.4) is 0 Å². The molecule has 30 heavy (non-hydrogen) atoms. The number of fused-ring (bicyclic) bond motifs is 2. The number of hydrogen-bond donors (Lipinski definition) is 0. The fraction of sp³-hybridized carbons (Fsp3) is 0.240. The molecule has 0 saturated carbocycles. The smallest absolute Gasteiger partial charge is 0.255 e. The molecule has 5 heteroatoms. The van der Waals surface area contributed by atoms with Gasteiger partial charge < -0.3 is 4.90 Å². The highest BCUT2D eigenvalue weighted by molar-refractivity contribution is 6.30. The Kier molecular flexibility index (Phi) is 5.09. The molecule has 1 aromatic carbocycles. The molecule has 0 unspecified atom stereocenters. The van der Waals surface area contributed by atoms with Crippen molar-refractivity contribution in [2.75, 3.05) is 13.1 Å². The summed E-state index contributed by atoms with van der Waals surface area (Å²) >= 11 is 6.31. The molecule has 5 rings (SSSR count). The van der Waals surface area contributed by atoms with Gasteiger partial charge in [-0.3, -0.25) is 14.8 Å². The topological polar surface area (TPSA) is 46.1 Å². The van der Waals surface area contributed by atoms with Crippen LogP contribution >= 0.6 is 11.6 Å². The second-order valence-electron chi connectivity index (χ2n) is 7.83. The summed E-state index contributed by atoms with van der Waals surface area (Å²) in [7, 11) is 0. The summed E-state index contributed by atoms with van der Waals surface area (Å²) in [6, 6.07) is 14.0. The van der Waals surface area contributed by atoms with Gasteiger partial charge in [-0.1, -0.05) is 29.3 Å². The van der Waals surface area contributed by atoms with E-state index < -0.39 is 0 Å². The number of piperidine rings is 1. The maximum Gasteiger partial charge on any atom is 0.255 e. The molecule has 4 nitrogen and oxygen atoms in total.